The molecule has 1 atom stereocenters. The minimum absolute atomic E-state index is 0.0868. The summed E-state index contributed by atoms with van der Waals surface area (Å²) in [4.78, 5) is 32.8. The Kier molecular flexibility index (Phi) is 6.34. The Balaban J connectivity index is 1.58. The zero-order chi connectivity index (χ0) is 25.4. The van der Waals surface area contributed by atoms with E-state index in [1.54, 1.807) is 24.1 Å². The third-order valence-corrected chi connectivity index (χ3v) is 7.67. The van der Waals surface area contributed by atoms with Crippen LogP contribution in [0.2, 0.25) is 0 Å². The SMILES string of the molecule is CCC(=O)N1CCC2(CC1)CN(C(=O)Nc1ccccc1F)[C@@H](CO)c1[nH]c3cc(OC)ccc3c12. The second-order valence-electron chi connectivity index (χ2n) is 9.58. The van der Waals surface area contributed by atoms with Crippen LogP contribution < -0.4 is 10.1 Å². The van der Waals surface area contributed by atoms with Crippen molar-refractivity contribution in [2.24, 2.45) is 0 Å². The number of carbonyl (C=O) groups excluding carboxylic acids is 2. The minimum atomic E-state index is -0.633. The molecule has 0 unspecified atom stereocenters. The Morgan fingerprint density at radius 2 is 1.97 bits per heavy atom. The summed E-state index contributed by atoms with van der Waals surface area (Å²) in [6.07, 6.45) is 1.80. The molecule has 1 aromatic heterocycles. The molecule has 2 aliphatic heterocycles. The zero-order valence-corrected chi connectivity index (χ0v) is 20.5. The fourth-order valence-corrected chi connectivity index (χ4v) is 5.79. The number of hydrogen-bond donors (Lipinski definition) is 3. The van der Waals surface area contributed by atoms with E-state index in [-0.39, 0.29) is 18.2 Å². The molecular weight excluding hydrogens is 463 g/mol. The first-order valence-electron chi connectivity index (χ1n) is 12.3. The van der Waals surface area contributed by atoms with Gasteiger partial charge in [-0.15, -0.1) is 0 Å². The van der Waals surface area contributed by atoms with E-state index in [2.05, 4.69) is 10.3 Å². The highest BCUT2D eigenvalue weighted by atomic mass is 19.1. The number of benzene rings is 2. The maximum Gasteiger partial charge on any atom is 0.322 e. The third kappa shape index (κ3) is 3.97. The molecule has 3 amide bonds. The highest BCUT2D eigenvalue weighted by Gasteiger charge is 2.49. The number of likely N-dealkylation sites (tertiary alicyclic amines) is 1. The van der Waals surface area contributed by atoms with Crippen molar-refractivity contribution in [1.82, 2.24) is 14.8 Å². The molecule has 2 aliphatic rings. The summed E-state index contributed by atoms with van der Waals surface area (Å²) < 4.78 is 19.7. The molecule has 1 fully saturated rings. The van der Waals surface area contributed by atoms with Gasteiger partial charge in [0.15, 0.2) is 0 Å². The Bertz CT molecular complexity index is 1300. The van der Waals surface area contributed by atoms with Crippen LogP contribution in [-0.2, 0) is 10.2 Å². The number of aliphatic hydroxyl groups is 1. The van der Waals surface area contributed by atoms with Crippen LogP contribution in [0.1, 0.15) is 43.5 Å². The van der Waals surface area contributed by atoms with E-state index in [9.17, 15) is 19.1 Å². The predicted molar refractivity (Wildman–Crippen MR) is 135 cm³/mol. The Morgan fingerprint density at radius 3 is 2.64 bits per heavy atom. The molecule has 1 spiro atoms. The monoisotopic (exact) mass is 494 g/mol. The van der Waals surface area contributed by atoms with Crippen molar-refractivity contribution in [2.45, 2.75) is 37.6 Å². The maximum absolute atomic E-state index is 14.3. The topological polar surface area (TPSA) is 97.9 Å². The second-order valence-corrected chi connectivity index (χ2v) is 9.58. The first kappa shape index (κ1) is 24.1. The molecule has 1 saturated heterocycles. The van der Waals surface area contributed by atoms with Crippen LogP contribution in [0.25, 0.3) is 10.9 Å². The van der Waals surface area contributed by atoms with Crippen molar-refractivity contribution in [2.75, 3.05) is 38.7 Å². The van der Waals surface area contributed by atoms with Gasteiger partial charge >= 0.3 is 6.03 Å². The van der Waals surface area contributed by atoms with Gasteiger partial charge in [0.2, 0.25) is 5.91 Å². The molecule has 190 valence electrons. The number of urea groups is 1. The summed E-state index contributed by atoms with van der Waals surface area (Å²) in [6.45, 7) is 3.08. The standard InChI is InChI=1S/C27H31FN4O4/c1-3-23(34)31-12-10-27(11-13-31)16-32(26(35)30-20-7-5-4-6-19(20)28)22(15-33)25-24(27)18-9-8-17(36-2)14-21(18)29-25/h4-9,14,22,29,33H,3,10-13,15-16H2,1-2H3,(H,30,35)/t22-/m0/s1. The number of fused-ring (bicyclic) bond motifs is 4. The lowest BCUT2D eigenvalue weighted by atomic mass is 9.68. The summed E-state index contributed by atoms with van der Waals surface area (Å²) in [7, 11) is 1.61. The van der Waals surface area contributed by atoms with Crippen molar-refractivity contribution >= 4 is 28.5 Å². The van der Waals surface area contributed by atoms with Gasteiger partial charge in [0, 0.05) is 54.1 Å². The number of piperidine rings is 1. The molecule has 36 heavy (non-hydrogen) atoms. The minimum Gasteiger partial charge on any atom is -0.497 e. The highest BCUT2D eigenvalue weighted by Crippen LogP contribution is 2.49. The number of nitrogens with zero attached hydrogens (tertiary/aromatic N) is 2. The number of halogens is 1. The first-order chi connectivity index (χ1) is 17.4. The third-order valence-electron chi connectivity index (χ3n) is 7.67. The summed E-state index contributed by atoms with van der Waals surface area (Å²) in [5.41, 5.74) is 2.37. The Labute approximate surface area is 209 Å². The molecule has 0 bridgehead atoms. The number of para-hydroxylation sites is 1. The number of aromatic nitrogens is 1. The molecule has 9 heteroatoms. The average Bonchev–Trinajstić information content (AvgIpc) is 3.29. The van der Waals surface area contributed by atoms with Crippen LogP contribution in [0.15, 0.2) is 42.5 Å². The molecule has 2 aromatic carbocycles. The fourth-order valence-electron chi connectivity index (χ4n) is 5.79. The van der Waals surface area contributed by atoms with Crippen LogP contribution in [0.4, 0.5) is 14.9 Å². The van der Waals surface area contributed by atoms with Gasteiger partial charge in [-0.25, -0.2) is 9.18 Å². The van der Waals surface area contributed by atoms with Crippen molar-refractivity contribution in [1.29, 1.82) is 0 Å². The number of ether oxygens (including phenoxy) is 1. The van der Waals surface area contributed by atoms with Gasteiger partial charge in [0.25, 0.3) is 0 Å². The van der Waals surface area contributed by atoms with Crippen LogP contribution in [0.5, 0.6) is 5.75 Å². The van der Waals surface area contributed by atoms with Crippen LogP contribution in [-0.4, -0.2) is 65.2 Å². The van der Waals surface area contributed by atoms with Crippen LogP contribution in [0.3, 0.4) is 0 Å². The molecular formula is C27H31FN4O4. The molecule has 0 radical (unpaired) electrons. The van der Waals surface area contributed by atoms with Gasteiger partial charge in [-0.2, -0.15) is 0 Å². The summed E-state index contributed by atoms with van der Waals surface area (Å²) in [5.74, 6) is 0.294. The molecule has 3 heterocycles. The average molecular weight is 495 g/mol. The quantitative estimate of drug-likeness (QED) is 0.507. The first-order valence-corrected chi connectivity index (χ1v) is 12.3. The van der Waals surface area contributed by atoms with Gasteiger partial charge in [-0.1, -0.05) is 19.1 Å². The van der Waals surface area contributed by atoms with E-state index in [0.29, 0.717) is 44.6 Å². The van der Waals surface area contributed by atoms with Crippen molar-refractivity contribution in [3.05, 3.63) is 59.5 Å². The second kappa shape index (κ2) is 9.46. The van der Waals surface area contributed by atoms with Crippen molar-refractivity contribution < 1.29 is 23.8 Å². The lowest BCUT2D eigenvalue weighted by Crippen LogP contribution is -2.56. The van der Waals surface area contributed by atoms with E-state index in [1.807, 2.05) is 30.0 Å². The zero-order valence-electron chi connectivity index (χ0n) is 20.5. The molecule has 5 rings (SSSR count). The number of H-pyrrole nitrogens is 1. The predicted octanol–water partition coefficient (Wildman–Crippen LogP) is 4.17. The number of anilines is 1. The molecule has 0 aliphatic carbocycles. The van der Waals surface area contributed by atoms with Crippen LogP contribution in [0, 0.1) is 5.82 Å². The number of methoxy groups -OCH3 is 1. The van der Waals surface area contributed by atoms with Gasteiger partial charge < -0.3 is 29.9 Å². The van der Waals surface area contributed by atoms with Crippen molar-refractivity contribution in [3.63, 3.8) is 0 Å². The van der Waals surface area contributed by atoms with Crippen LogP contribution >= 0.6 is 0 Å². The lowest BCUT2D eigenvalue weighted by molar-refractivity contribution is -0.132. The van der Waals surface area contributed by atoms with Gasteiger partial charge in [0.05, 0.1) is 25.4 Å². The molecule has 3 aromatic rings. The molecule has 0 saturated carbocycles. The lowest BCUT2D eigenvalue weighted by Gasteiger charge is -2.50. The number of aliphatic hydroxyl groups excluding tert-OH is 1. The van der Waals surface area contributed by atoms with E-state index in [1.165, 1.54) is 12.1 Å². The van der Waals surface area contributed by atoms with E-state index < -0.39 is 23.3 Å². The Morgan fingerprint density at radius 1 is 1.22 bits per heavy atom. The van der Waals surface area contributed by atoms with Gasteiger partial charge in [-0.3, -0.25) is 4.79 Å². The number of nitrogens with one attached hydrogen (secondary N) is 2. The number of amides is 3. The van der Waals surface area contributed by atoms with E-state index in [4.69, 9.17) is 4.74 Å². The smallest absolute Gasteiger partial charge is 0.322 e. The highest BCUT2D eigenvalue weighted by molar-refractivity contribution is 5.92. The van der Waals surface area contributed by atoms with Crippen molar-refractivity contribution in [3.8, 4) is 5.75 Å². The normalized spacial score (nSPS) is 18.8. The van der Waals surface area contributed by atoms with E-state index >= 15 is 0 Å². The number of hydrogen-bond acceptors (Lipinski definition) is 4. The number of rotatable bonds is 4. The molecule has 8 nitrogen and oxygen atoms in total. The number of carbonyl (C=O) groups is 2. The maximum atomic E-state index is 14.3. The summed E-state index contributed by atoms with van der Waals surface area (Å²) in [6, 6.07) is 10.7. The van der Waals surface area contributed by atoms with Gasteiger partial charge in [0.1, 0.15) is 11.6 Å². The summed E-state index contributed by atoms with van der Waals surface area (Å²) >= 11 is 0. The largest absolute Gasteiger partial charge is 0.497 e. The Hall–Kier alpha value is -3.59. The number of aromatic amines is 1. The summed E-state index contributed by atoms with van der Waals surface area (Å²) in [5, 5.41) is 14.2. The fraction of sp³-hybridized carbons (Fsp3) is 0.407. The van der Waals surface area contributed by atoms with Gasteiger partial charge in [-0.05, 0) is 42.7 Å². The molecule has 3 N–H and O–H groups in total. The van der Waals surface area contributed by atoms with E-state index in [0.717, 1.165) is 22.2 Å².